The molecule has 12 heavy (non-hydrogen) atoms. The van der Waals surface area contributed by atoms with Gasteiger partial charge in [0.05, 0.1) is 0 Å². The molecule has 1 heterocycles. The van der Waals surface area contributed by atoms with E-state index >= 15 is 0 Å². The van der Waals surface area contributed by atoms with Crippen LogP contribution >= 0.6 is 27.3 Å². The fourth-order valence-corrected chi connectivity index (χ4v) is 3.05. The molecule has 0 amide bonds. The van der Waals surface area contributed by atoms with Crippen LogP contribution in [0.5, 0.6) is 0 Å². The minimum absolute atomic E-state index is 0.614. The third-order valence-corrected chi connectivity index (χ3v) is 4.05. The zero-order chi connectivity index (χ0) is 8.60. The van der Waals surface area contributed by atoms with E-state index in [2.05, 4.69) is 20.9 Å². The fraction of sp³-hybridized carbons (Fsp3) is 0.625. The third kappa shape index (κ3) is 1.43. The first-order valence-corrected chi connectivity index (χ1v) is 5.72. The molecule has 0 atom stereocenters. The van der Waals surface area contributed by atoms with E-state index in [0.29, 0.717) is 0 Å². The second-order valence-corrected chi connectivity index (χ2v) is 4.88. The van der Waals surface area contributed by atoms with Crippen LogP contribution in [0.4, 0.5) is 0 Å². The summed E-state index contributed by atoms with van der Waals surface area (Å²) in [7, 11) is 0. The van der Waals surface area contributed by atoms with Gasteiger partial charge in [0.25, 0.3) is 0 Å². The lowest BCUT2D eigenvalue weighted by Gasteiger charge is -2.18. The van der Waals surface area contributed by atoms with Gasteiger partial charge in [-0.1, -0.05) is 12.8 Å². The largest absolute Gasteiger partial charge is 0.383 e. The predicted octanol–water partition coefficient (Wildman–Crippen LogP) is 2.67. The summed E-state index contributed by atoms with van der Waals surface area (Å²) < 4.78 is 0.836. The monoisotopic (exact) mass is 247 g/mol. The Morgan fingerprint density at radius 3 is 2.67 bits per heavy atom. The Hall–Kier alpha value is 0.0700. The lowest BCUT2D eigenvalue weighted by Crippen LogP contribution is -2.20. The van der Waals surface area contributed by atoms with Crippen LogP contribution in [0.25, 0.3) is 0 Å². The van der Waals surface area contributed by atoms with Crippen molar-refractivity contribution in [1.82, 2.24) is 4.98 Å². The van der Waals surface area contributed by atoms with Gasteiger partial charge in [0.2, 0.25) is 0 Å². The average molecular weight is 248 g/mol. The first-order valence-electron chi connectivity index (χ1n) is 4.05. The van der Waals surface area contributed by atoms with Crippen LogP contribution in [0.2, 0.25) is 0 Å². The highest BCUT2D eigenvalue weighted by atomic mass is 79.9. The lowest BCUT2D eigenvalue weighted by molar-refractivity contribution is 0.0441. The molecule has 0 bridgehead atoms. The minimum atomic E-state index is -0.614. The smallest absolute Gasteiger partial charge is 0.126 e. The lowest BCUT2D eigenvalue weighted by atomic mass is 10.0. The summed E-state index contributed by atoms with van der Waals surface area (Å²) in [6.07, 6.45) is 3.97. The molecule has 0 aliphatic heterocycles. The maximum Gasteiger partial charge on any atom is 0.126 e. The summed E-state index contributed by atoms with van der Waals surface area (Å²) in [6.45, 7) is 0. The molecule has 1 aromatic heterocycles. The van der Waals surface area contributed by atoms with Gasteiger partial charge in [-0.15, -0.1) is 11.3 Å². The van der Waals surface area contributed by atoms with E-state index in [9.17, 15) is 5.11 Å². The molecule has 1 N–H and O–H groups in total. The average Bonchev–Trinajstić information content (AvgIpc) is 2.59. The van der Waals surface area contributed by atoms with E-state index in [0.717, 1.165) is 35.3 Å². The topological polar surface area (TPSA) is 33.1 Å². The summed E-state index contributed by atoms with van der Waals surface area (Å²) in [6, 6.07) is 0. The summed E-state index contributed by atoms with van der Waals surface area (Å²) >= 11 is 4.83. The zero-order valence-corrected chi connectivity index (χ0v) is 8.99. The highest BCUT2D eigenvalue weighted by Crippen LogP contribution is 2.40. The van der Waals surface area contributed by atoms with Gasteiger partial charge in [0.1, 0.15) is 15.2 Å². The van der Waals surface area contributed by atoms with Crippen LogP contribution in [0.1, 0.15) is 30.7 Å². The molecule has 0 radical (unpaired) electrons. The van der Waals surface area contributed by atoms with E-state index in [4.69, 9.17) is 0 Å². The minimum Gasteiger partial charge on any atom is -0.383 e. The van der Waals surface area contributed by atoms with E-state index in [1.807, 2.05) is 5.38 Å². The van der Waals surface area contributed by atoms with Gasteiger partial charge in [0, 0.05) is 5.38 Å². The molecule has 0 saturated heterocycles. The Bertz CT molecular complexity index is 280. The van der Waals surface area contributed by atoms with Crippen LogP contribution in [-0.2, 0) is 5.60 Å². The molecule has 1 aliphatic carbocycles. The predicted molar refractivity (Wildman–Crippen MR) is 52.2 cm³/mol. The van der Waals surface area contributed by atoms with E-state index in [1.165, 1.54) is 11.3 Å². The van der Waals surface area contributed by atoms with Gasteiger partial charge in [-0.05, 0) is 28.8 Å². The molecule has 1 saturated carbocycles. The molecular formula is C8H10BrNOS. The van der Waals surface area contributed by atoms with Crippen LogP contribution in [-0.4, -0.2) is 10.1 Å². The molecule has 4 heteroatoms. The normalized spacial score (nSPS) is 21.5. The molecular weight excluding hydrogens is 238 g/mol. The number of thiazole rings is 1. The summed E-state index contributed by atoms with van der Waals surface area (Å²) in [4.78, 5) is 4.25. The van der Waals surface area contributed by atoms with Gasteiger partial charge >= 0.3 is 0 Å². The quantitative estimate of drug-likeness (QED) is 0.828. The molecule has 2 nitrogen and oxygen atoms in total. The zero-order valence-electron chi connectivity index (χ0n) is 6.59. The third-order valence-electron chi connectivity index (χ3n) is 2.30. The Morgan fingerprint density at radius 2 is 2.17 bits per heavy atom. The van der Waals surface area contributed by atoms with Crippen LogP contribution < -0.4 is 0 Å². The van der Waals surface area contributed by atoms with Crippen molar-refractivity contribution in [3.8, 4) is 0 Å². The van der Waals surface area contributed by atoms with Crippen LogP contribution in [0, 0.1) is 0 Å². The molecule has 66 valence electrons. The Balaban J connectivity index is 2.28. The first kappa shape index (κ1) is 8.66. The molecule has 1 aliphatic rings. The van der Waals surface area contributed by atoms with E-state index in [1.54, 1.807) is 0 Å². The summed E-state index contributed by atoms with van der Waals surface area (Å²) in [5, 5.41) is 12.9. The van der Waals surface area contributed by atoms with E-state index in [-0.39, 0.29) is 0 Å². The second kappa shape index (κ2) is 3.09. The van der Waals surface area contributed by atoms with Crippen molar-refractivity contribution < 1.29 is 5.11 Å². The van der Waals surface area contributed by atoms with Crippen LogP contribution in [0.15, 0.2) is 9.98 Å². The molecule has 0 unspecified atom stereocenters. The number of aromatic nitrogens is 1. The number of aliphatic hydroxyl groups is 1. The van der Waals surface area contributed by atoms with Gasteiger partial charge < -0.3 is 5.11 Å². The van der Waals surface area contributed by atoms with Gasteiger partial charge in [-0.3, -0.25) is 0 Å². The number of rotatable bonds is 1. The Kier molecular flexibility index (Phi) is 2.23. The standard InChI is InChI=1S/C8H10BrNOS/c9-6-5-12-7(10-6)8(11)3-1-2-4-8/h5,11H,1-4H2. The van der Waals surface area contributed by atoms with Gasteiger partial charge in [0.15, 0.2) is 0 Å². The molecule has 0 aromatic carbocycles. The van der Waals surface area contributed by atoms with Crippen molar-refractivity contribution in [2.24, 2.45) is 0 Å². The Morgan fingerprint density at radius 1 is 1.50 bits per heavy atom. The molecule has 1 aromatic rings. The number of nitrogens with zero attached hydrogens (tertiary/aromatic N) is 1. The Labute approximate surface area is 83.8 Å². The van der Waals surface area contributed by atoms with Crippen molar-refractivity contribution in [2.75, 3.05) is 0 Å². The van der Waals surface area contributed by atoms with Crippen molar-refractivity contribution in [3.63, 3.8) is 0 Å². The fourth-order valence-electron chi connectivity index (χ4n) is 1.64. The SMILES string of the molecule is OC1(c2nc(Br)cs2)CCCC1. The summed E-state index contributed by atoms with van der Waals surface area (Å²) in [5.41, 5.74) is -0.614. The van der Waals surface area contributed by atoms with Crippen LogP contribution in [0.3, 0.4) is 0 Å². The molecule has 2 rings (SSSR count). The highest BCUT2D eigenvalue weighted by Gasteiger charge is 2.35. The summed E-state index contributed by atoms with van der Waals surface area (Å²) in [5.74, 6) is 0. The maximum absolute atomic E-state index is 10.1. The molecule has 0 spiro atoms. The van der Waals surface area contributed by atoms with E-state index < -0.39 is 5.60 Å². The van der Waals surface area contributed by atoms with Crippen molar-refractivity contribution in [2.45, 2.75) is 31.3 Å². The van der Waals surface area contributed by atoms with Crippen molar-refractivity contribution in [3.05, 3.63) is 15.0 Å². The highest BCUT2D eigenvalue weighted by molar-refractivity contribution is 9.10. The first-order chi connectivity index (χ1) is 5.71. The number of halogens is 1. The van der Waals surface area contributed by atoms with Crippen molar-refractivity contribution >= 4 is 27.3 Å². The van der Waals surface area contributed by atoms with Gasteiger partial charge in [-0.25, -0.2) is 4.98 Å². The molecule has 1 fully saturated rings. The number of hydrogen-bond acceptors (Lipinski definition) is 3. The second-order valence-electron chi connectivity index (χ2n) is 3.21. The van der Waals surface area contributed by atoms with Gasteiger partial charge in [-0.2, -0.15) is 0 Å². The number of hydrogen-bond donors (Lipinski definition) is 1. The maximum atomic E-state index is 10.1. The van der Waals surface area contributed by atoms with Crippen molar-refractivity contribution in [1.29, 1.82) is 0 Å².